The van der Waals surface area contributed by atoms with Gasteiger partial charge in [0.2, 0.25) is 0 Å². The number of carbonyl (C=O) groups excluding carboxylic acids is 1. The highest BCUT2D eigenvalue weighted by atomic mass is 79.9. The van der Waals surface area contributed by atoms with Crippen molar-refractivity contribution in [2.45, 2.75) is 12.7 Å². The number of amides is 2. The number of thiophene rings is 1. The molecule has 0 saturated carbocycles. The third kappa shape index (κ3) is 5.91. The summed E-state index contributed by atoms with van der Waals surface area (Å²) in [4.78, 5) is 12.6. The van der Waals surface area contributed by atoms with Gasteiger partial charge in [-0.2, -0.15) is 13.2 Å². The minimum absolute atomic E-state index is 0.0379. The van der Waals surface area contributed by atoms with Crippen LogP contribution in [0.1, 0.15) is 16.0 Å². The highest BCUT2D eigenvalue weighted by Crippen LogP contribution is 2.29. The Bertz CT molecular complexity index is 777. The predicted molar refractivity (Wildman–Crippen MR) is 90.6 cm³/mol. The van der Waals surface area contributed by atoms with Gasteiger partial charge >= 0.3 is 12.2 Å². The number of urea groups is 1. The van der Waals surface area contributed by atoms with Gasteiger partial charge in [0.25, 0.3) is 0 Å². The van der Waals surface area contributed by atoms with Crippen LogP contribution in [0.3, 0.4) is 0 Å². The molecule has 0 aliphatic heterocycles. The molecule has 126 valence electrons. The molecule has 0 spiro atoms. The number of rotatable bonds is 3. The van der Waals surface area contributed by atoms with Crippen molar-refractivity contribution in [3.05, 3.63) is 56.2 Å². The van der Waals surface area contributed by atoms with Crippen LogP contribution in [0, 0.1) is 11.8 Å². The minimum atomic E-state index is -4.40. The van der Waals surface area contributed by atoms with Gasteiger partial charge in [-0.25, -0.2) is 4.79 Å². The Hall–Kier alpha value is -1.98. The summed E-state index contributed by atoms with van der Waals surface area (Å²) < 4.78 is 38.7. The first kappa shape index (κ1) is 18.4. The molecular weight excluding hydrogens is 405 g/mol. The van der Waals surface area contributed by atoms with Crippen molar-refractivity contribution in [3.63, 3.8) is 0 Å². The van der Waals surface area contributed by atoms with Crippen molar-refractivity contribution in [3.8, 4) is 11.8 Å². The van der Waals surface area contributed by atoms with E-state index in [1.54, 1.807) is 0 Å². The van der Waals surface area contributed by atoms with Crippen LogP contribution in [0.4, 0.5) is 18.0 Å². The Morgan fingerprint density at radius 1 is 1.21 bits per heavy atom. The number of benzene rings is 1. The van der Waals surface area contributed by atoms with Crippen LogP contribution in [0.15, 0.2) is 40.2 Å². The molecule has 0 aliphatic carbocycles. The highest BCUT2D eigenvalue weighted by Gasteiger charge is 2.30. The first-order valence-electron chi connectivity index (χ1n) is 6.76. The van der Waals surface area contributed by atoms with Gasteiger partial charge in [0, 0.05) is 10.4 Å². The number of nitrogens with one attached hydrogen (secondary N) is 2. The van der Waals surface area contributed by atoms with Crippen molar-refractivity contribution >= 4 is 33.3 Å². The summed E-state index contributed by atoms with van der Waals surface area (Å²) in [6.07, 6.45) is -4.40. The molecule has 2 aromatic rings. The average molecular weight is 417 g/mol. The lowest BCUT2D eigenvalue weighted by molar-refractivity contribution is -0.137. The monoisotopic (exact) mass is 416 g/mol. The topological polar surface area (TPSA) is 41.1 Å². The maximum absolute atomic E-state index is 12.6. The van der Waals surface area contributed by atoms with Crippen LogP contribution < -0.4 is 10.6 Å². The highest BCUT2D eigenvalue weighted by molar-refractivity contribution is 9.11. The second-order valence-corrected chi connectivity index (χ2v) is 7.17. The van der Waals surface area contributed by atoms with Gasteiger partial charge in [-0.15, -0.1) is 11.3 Å². The van der Waals surface area contributed by atoms with Crippen LogP contribution in [0.2, 0.25) is 0 Å². The van der Waals surface area contributed by atoms with Gasteiger partial charge in [0.15, 0.2) is 0 Å². The Morgan fingerprint density at radius 3 is 2.67 bits per heavy atom. The van der Waals surface area contributed by atoms with E-state index in [2.05, 4.69) is 38.4 Å². The molecule has 3 nitrogen and oxygen atoms in total. The minimum Gasteiger partial charge on any atom is -0.333 e. The van der Waals surface area contributed by atoms with Crippen molar-refractivity contribution in [2.75, 3.05) is 6.54 Å². The second-order valence-electron chi connectivity index (χ2n) is 4.62. The first-order valence-corrected chi connectivity index (χ1v) is 8.37. The number of carbonyl (C=O) groups is 1. The van der Waals surface area contributed by atoms with E-state index in [0.29, 0.717) is 6.54 Å². The number of halogens is 4. The third-order valence-electron chi connectivity index (χ3n) is 2.81. The number of hydrogen-bond donors (Lipinski definition) is 2. The summed E-state index contributed by atoms with van der Waals surface area (Å²) in [5.74, 6) is 5.21. The standard InChI is InChI=1S/C16H12BrF3N2OS/c17-14-7-6-13(24-14)10-22-15(23)21-8-2-4-11-3-1-5-12(9-11)16(18,19)20/h1,3,5-7,9H,8,10H2,(H2,21,22,23). The molecule has 0 fully saturated rings. The zero-order valence-corrected chi connectivity index (χ0v) is 14.6. The second kappa shape index (κ2) is 8.22. The summed E-state index contributed by atoms with van der Waals surface area (Å²) in [6.45, 7) is 0.430. The quantitative estimate of drug-likeness (QED) is 0.716. The van der Waals surface area contributed by atoms with Crippen LogP contribution in [-0.2, 0) is 12.7 Å². The molecule has 0 atom stereocenters. The summed E-state index contributed by atoms with van der Waals surface area (Å²) in [7, 11) is 0. The molecule has 0 bridgehead atoms. The van der Waals surface area contributed by atoms with Crippen molar-refractivity contribution in [2.24, 2.45) is 0 Å². The molecule has 8 heteroatoms. The lowest BCUT2D eigenvalue weighted by Gasteiger charge is -2.06. The normalized spacial score (nSPS) is 10.7. The van der Waals surface area contributed by atoms with Gasteiger partial charge in [-0.3, -0.25) is 0 Å². The van der Waals surface area contributed by atoms with E-state index in [0.717, 1.165) is 20.8 Å². The molecule has 1 aromatic heterocycles. The molecule has 2 N–H and O–H groups in total. The SMILES string of the molecule is O=C(NCC#Cc1cccc(C(F)(F)F)c1)NCc1ccc(Br)s1. The van der Waals surface area contributed by atoms with E-state index < -0.39 is 17.8 Å². The zero-order chi connectivity index (χ0) is 17.6. The van der Waals surface area contributed by atoms with Gasteiger partial charge in [-0.05, 0) is 46.3 Å². The maximum atomic E-state index is 12.6. The lowest BCUT2D eigenvalue weighted by atomic mass is 10.1. The molecule has 1 heterocycles. The van der Waals surface area contributed by atoms with Gasteiger partial charge in [-0.1, -0.05) is 17.9 Å². The number of hydrogen-bond acceptors (Lipinski definition) is 2. The van der Waals surface area contributed by atoms with Crippen LogP contribution in [0.5, 0.6) is 0 Å². The molecule has 0 aliphatic rings. The van der Waals surface area contributed by atoms with Crippen molar-refractivity contribution in [1.82, 2.24) is 10.6 Å². The van der Waals surface area contributed by atoms with E-state index in [-0.39, 0.29) is 12.1 Å². The molecule has 2 amide bonds. The molecule has 0 radical (unpaired) electrons. The molecule has 0 unspecified atom stereocenters. The van der Waals surface area contributed by atoms with Gasteiger partial charge in [0.1, 0.15) is 0 Å². The molecular formula is C16H12BrF3N2OS. The van der Waals surface area contributed by atoms with Crippen LogP contribution in [-0.4, -0.2) is 12.6 Å². The Morgan fingerprint density at radius 2 is 2.00 bits per heavy atom. The summed E-state index contributed by atoms with van der Waals surface area (Å²) in [5, 5.41) is 5.18. The van der Waals surface area contributed by atoms with E-state index >= 15 is 0 Å². The number of alkyl halides is 3. The fourth-order valence-electron chi connectivity index (χ4n) is 1.72. The van der Waals surface area contributed by atoms with E-state index in [4.69, 9.17) is 0 Å². The Labute approximate surface area is 149 Å². The fourth-order valence-corrected chi connectivity index (χ4v) is 3.14. The Balaban J connectivity index is 1.80. The summed E-state index contributed by atoms with van der Waals surface area (Å²) in [6, 6.07) is 8.13. The summed E-state index contributed by atoms with van der Waals surface area (Å²) in [5.41, 5.74) is -0.502. The largest absolute Gasteiger partial charge is 0.416 e. The van der Waals surface area contributed by atoms with Crippen LogP contribution >= 0.6 is 27.3 Å². The van der Waals surface area contributed by atoms with Crippen molar-refractivity contribution in [1.29, 1.82) is 0 Å². The fraction of sp³-hybridized carbons (Fsp3) is 0.188. The third-order valence-corrected chi connectivity index (χ3v) is 4.44. The van der Waals surface area contributed by atoms with E-state index in [1.807, 2.05) is 12.1 Å². The first-order chi connectivity index (χ1) is 11.3. The Kier molecular flexibility index (Phi) is 6.29. The van der Waals surface area contributed by atoms with Gasteiger partial charge in [0.05, 0.1) is 22.4 Å². The molecule has 2 rings (SSSR count). The average Bonchev–Trinajstić information content (AvgIpc) is 2.95. The zero-order valence-electron chi connectivity index (χ0n) is 12.2. The molecule has 1 aromatic carbocycles. The molecule has 0 saturated heterocycles. The maximum Gasteiger partial charge on any atom is 0.416 e. The molecule has 24 heavy (non-hydrogen) atoms. The predicted octanol–water partition coefficient (Wildman–Crippen LogP) is 4.38. The van der Waals surface area contributed by atoms with Gasteiger partial charge < -0.3 is 10.6 Å². The van der Waals surface area contributed by atoms with Crippen LogP contribution in [0.25, 0.3) is 0 Å². The lowest BCUT2D eigenvalue weighted by Crippen LogP contribution is -2.34. The van der Waals surface area contributed by atoms with Crippen molar-refractivity contribution < 1.29 is 18.0 Å². The summed E-state index contributed by atoms with van der Waals surface area (Å²) >= 11 is 4.84. The smallest absolute Gasteiger partial charge is 0.333 e. The van der Waals surface area contributed by atoms with E-state index in [1.165, 1.54) is 23.5 Å². The van der Waals surface area contributed by atoms with E-state index in [9.17, 15) is 18.0 Å².